The van der Waals surface area contributed by atoms with E-state index in [2.05, 4.69) is 20.1 Å². The Hall–Kier alpha value is -1.98. The van der Waals surface area contributed by atoms with Crippen LogP contribution in [0.1, 0.15) is 0 Å². The first-order valence-corrected chi connectivity index (χ1v) is 3.57. The Kier molecular flexibility index (Phi) is 1.66. The number of pyridine rings is 1. The van der Waals surface area contributed by atoms with Crippen molar-refractivity contribution in [1.82, 2.24) is 20.0 Å². The van der Waals surface area contributed by atoms with Gasteiger partial charge in [-0.15, -0.1) is 10.2 Å². The molecule has 66 valence electrons. The van der Waals surface area contributed by atoms with Crippen molar-refractivity contribution in [2.45, 2.75) is 0 Å². The normalized spacial score (nSPS) is 10.2. The van der Waals surface area contributed by atoms with Crippen LogP contribution in [-0.2, 0) is 4.74 Å². The van der Waals surface area contributed by atoms with Gasteiger partial charge in [-0.25, -0.2) is 9.36 Å². The van der Waals surface area contributed by atoms with E-state index in [0.29, 0.717) is 11.5 Å². The summed E-state index contributed by atoms with van der Waals surface area (Å²) in [5.41, 5.74) is 0.563. The van der Waals surface area contributed by atoms with Gasteiger partial charge in [-0.1, -0.05) is 0 Å². The second kappa shape index (κ2) is 2.81. The Labute approximate surface area is 73.5 Å². The van der Waals surface area contributed by atoms with Gasteiger partial charge in [0.1, 0.15) is 5.69 Å². The van der Waals surface area contributed by atoms with E-state index < -0.39 is 6.09 Å². The molecule has 0 radical (unpaired) electrons. The van der Waals surface area contributed by atoms with Crippen LogP contribution in [0.4, 0.5) is 4.79 Å². The van der Waals surface area contributed by atoms with Gasteiger partial charge in [0.25, 0.3) is 0 Å². The minimum absolute atomic E-state index is 0.398. The summed E-state index contributed by atoms with van der Waals surface area (Å²) in [6, 6.07) is 3.39. The third-order valence-corrected chi connectivity index (χ3v) is 1.61. The Morgan fingerprint density at radius 1 is 1.54 bits per heavy atom. The maximum atomic E-state index is 11.2. The third-order valence-electron chi connectivity index (χ3n) is 1.61. The van der Waals surface area contributed by atoms with E-state index in [1.165, 1.54) is 11.7 Å². The lowest BCUT2D eigenvalue weighted by Gasteiger charge is -2.05. The van der Waals surface area contributed by atoms with Crippen molar-refractivity contribution in [2.24, 2.45) is 0 Å². The number of ether oxygens (including phenoxy) is 1. The Balaban J connectivity index is 2.58. The summed E-state index contributed by atoms with van der Waals surface area (Å²) in [4.78, 5) is 11.2. The molecule has 0 unspecified atom stereocenters. The average molecular weight is 178 g/mol. The fourth-order valence-electron chi connectivity index (χ4n) is 1.02. The first kappa shape index (κ1) is 7.66. The maximum absolute atomic E-state index is 11.2. The molecule has 0 spiro atoms. The molecule has 0 N–H and O–H groups in total. The number of carbonyl (C=O) groups is 1. The van der Waals surface area contributed by atoms with Gasteiger partial charge in [0.15, 0.2) is 5.82 Å². The van der Waals surface area contributed by atoms with Crippen molar-refractivity contribution in [3.05, 3.63) is 18.3 Å². The molecule has 2 heterocycles. The van der Waals surface area contributed by atoms with Crippen LogP contribution >= 0.6 is 0 Å². The first-order chi connectivity index (χ1) is 6.33. The van der Waals surface area contributed by atoms with Crippen LogP contribution in [0.15, 0.2) is 18.3 Å². The van der Waals surface area contributed by atoms with Crippen LogP contribution in [0.3, 0.4) is 0 Å². The van der Waals surface area contributed by atoms with Gasteiger partial charge in [0.05, 0.1) is 7.11 Å². The first-order valence-electron chi connectivity index (χ1n) is 3.57. The lowest BCUT2D eigenvalue weighted by Crippen LogP contribution is -2.14. The minimum Gasteiger partial charge on any atom is -0.452 e. The second-order valence-corrected chi connectivity index (χ2v) is 2.35. The van der Waals surface area contributed by atoms with Gasteiger partial charge in [-0.2, -0.15) is 0 Å². The topological polar surface area (TPSA) is 69.9 Å². The van der Waals surface area contributed by atoms with Crippen LogP contribution in [-0.4, -0.2) is 33.2 Å². The molecule has 0 fully saturated rings. The number of aromatic nitrogens is 4. The summed E-state index contributed by atoms with van der Waals surface area (Å²) in [6.45, 7) is 0. The van der Waals surface area contributed by atoms with Crippen LogP contribution in [0.5, 0.6) is 0 Å². The highest BCUT2D eigenvalue weighted by Gasteiger charge is 2.15. The summed E-state index contributed by atoms with van der Waals surface area (Å²) in [7, 11) is 1.30. The summed E-state index contributed by atoms with van der Waals surface area (Å²) >= 11 is 0. The number of carbonyl (C=O) groups excluding carboxylic acids is 1. The number of hydrogen-bond donors (Lipinski definition) is 0. The van der Waals surface area contributed by atoms with E-state index in [1.807, 2.05) is 0 Å². The molecule has 0 atom stereocenters. The van der Waals surface area contributed by atoms with Crippen molar-refractivity contribution >= 4 is 6.09 Å². The standard InChI is InChI=1S/C7H6N4O2/c1-13-7(12)11-4-2-3-5-6(11)9-10-8-5/h2-4H,1H3. The molecule has 0 saturated heterocycles. The van der Waals surface area contributed by atoms with Gasteiger partial charge in [-0.3, -0.25) is 0 Å². The molecule has 0 aliphatic carbocycles. The summed E-state index contributed by atoms with van der Waals surface area (Å²) in [6.07, 6.45) is 1.04. The van der Waals surface area contributed by atoms with Crippen LogP contribution in [0.25, 0.3) is 11.5 Å². The number of rotatable bonds is 0. The summed E-state index contributed by atoms with van der Waals surface area (Å²) in [5.74, 6) is 0.398. The van der Waals surface area contributed by atoms with Crippen molar-refractivity contribution in [3.8, 4) is 11.5 Å². The molecule has 0 amide bonds. The molecule has 2 aliphatic rings. The zero-order valence-corrected chi connectivity index (χ0v) is 6.84. The summed E-state index contributed by atoms with van der Waals surface area (Å²) in [5, 5.41) is 10.8. The monoisotopic (exact) mass is 178 g/mol. The fraction of sp³-hybridized carbons (Fsp3) is 0.143. The molecule has 0 saturated carbocycles. The van der Waals surface area contributed by atoms with Crippen LogP contribution < -0.4 is 0 Å². The van der Waals surface area contributed by atoms with Crippen molar-refractivity contribution in [2.75, 3.05) is 7.11 Å². The Morgan fingerprint density at radius 2 is 2.38 bits per heavy atom. The highest BCUT2D eigenvalue weighted by Crippen LogP contribution is 2.14. The van der Waals surface area contributed by atoms with E-state index >= 15 is 0 Å². The summed E-state index contributed by atoms with van der Waals surface area (Å²) < 4.78 is 5.79. The highest BCUT2D eigenvalue weighted by atomic mass is 16.5. The third kappa shape index (κ3) is 1.12. The largest absolute Gasteiger partial charge is 0.452 e. The molecule has 6 nitrogen and oxygen atoms in total. The molecule has 13 heavy (non-hydrogen) atoms. The van der Waals surface area contributed by atoms with Crippen LogP contribution in [0.2, 0.25) is 0 Å². The Morgan fingerprint density at radius 3 is 3.15 bits per heavy atom. The van der Waals surface area contributed by atoms with Crippen molar-refractivity contribution < 1.29 is 9.53 Å². The van der Waals surface area contributed by atoms with E-state index in [9.17, 15) is 4.79 Å². The average Bonchev–Trinajstić information content (AvgIpc) is 2.63. The fourth-order valence-corrected chi connectivity index (χ4v) is 1.02. The highest BCUT2D eigenvalue weighted by molar-refractivity contribution is 5.75. The molecule has 2 rings (SSSR count). The zero-order chi connectivity index (χ0) is 9.26. The second-order valence-electron chi connectivity index (χ2n) is 2.35. The smallest absolute Gasteiger partial charge is 0.419 e. The van der Waals surface area contributed by atoms with Gasteiger partial charge in [0, 0.05) is 6.20 Å². The Bertz CT molecular complexity index is 411. The maximum Gasteiger partial charge on any atom is 0.419 e. The molecule has 2 aliphatic heterocycles. The molecular weight excluding hydrogens is 172 g/mol. The predicted octanol–water partition coefficient (Wildman–Crippen LogP) is 0.392. The predicted molar refractivity (Wildman–Crippen MR) is 42.2 cm³/mol. The molecule has 0 bridgehead atoms. The lowest BCUT2D eigenvalue weighted by molar-refractivity contribution is 0.173. The lowest BCUT2D eigenvalue weighted by atomic mass is 10.3. The van der Waals surface area contributed by atoms with Gasteiger partial charge in [-0.05, 0) is 17.3 Å². The number of hydrogen-bond acceptors (Lipinski definition) is 5. The van der Waals surface area contributed by atoms with E-state index in [1.54, 1.807) is 18.3 Å². The number of nitrogens with zero attached hydrogens (tertiary/aromatic N) is 4. The van der Waals surface area contributed by atoms with E-state index in [-0.39, 0.29) is 0 Å². The van der Waals surface area contributed by atoms with E-state index in [4.69, 9.17) is 0 Å². The molecule has 0 aromatic heterocycles. The van der Waals surface area contributed by atoms with Crippen molar-refractivity contribution in [1.29, 1.82) is 0 Å². The quantitative estimate of drug-likeness (QED) is 0.583. The van der Waals surface area contributed by atoms with Gasteiger partial charge < -0.3 is 4.74 Å². The molecular formula is C7H6N4O2. The zero-order valence-electron chi connectivity index (χ0n) is 6.84. The van der Waals surface area contributed by atoms with Crippen molar-refractivity contribution in [3.63, 3.8) is 0 Å². The van der Waals surface area contributed by atoms with Gasteiger partial charge in [0.2, 0.25) is 0 Å². The van der Waals surface area contributed by atoms with E-state index in [0.717, 1.165) is 0 Å². The SMILES string of the molecule is COC(=O)n1cccc2nnnc1-2. The minimum atomic E-state index is -0.507. The molecule has 0 aromatic rings. The molecule has 6 heteroatoms. The van der Waals surface area contributed by atoms with Crippen LogP contribution in [0, 0.1) is 0 Å². The molecule has 0 aromatic carbocycles. The number of fused-ring (bicyclic) bond motifs is 1. The van der Waals surface area contributed by atoms with Gasteiger partial charge >= 0.3 is 6.09 Å². The number of methoxy groups -OCH3 is 1.